The Morgan fingerprint density at radius 1 is 1.19 bits per heavy atom. The molecule has 5 nitrogen and oxygen atoms in total. The van der Waals surface area contributed by atoms with Gasteiger partial charge in [0.2, 0.25) is 0 Å². The van der Waals surface area contributed by atoms with Crippen LogP contribution in [0.2, 0.25) is 0 Å². The summed E-state index contributed by atoms with van der Waals surface area (Å²) in [6, 6.07) is 0. The molecule has 0 unspecified atom stereocenters. The van der Waals surface area contributed by atoms with Crippen molar-refractivity contribution in [2.24, 2.45) is 0 Å². The standard InChI is InChI=1S/C11H17N5/c1-2-3-4-5-6-12-10-9-11(14-7-13-9)16-8-15-10/h7-8H,2-6H2,1H3,(H2,12,13,14,15,16). The Kier molecular flexibility index (Phi) is 3.69. The van der Waals surface area contributed by atoms with Crippen LogP contribution >= 0.6 is 0 Å². The average Bonchev–Trinajstić information content (AvgIpc) is 2.77. The van der Waals surface area contributed by atoms with Crippen molar-refractivity contribution in [1.29, 1.82) is 0 Å². The summed E-state index contributed by atoms with van der Waals surface area (Å²) in [6.07, 6.45) is 8.18. The van der Waals surface area contributed by atoms with Gasteiger partial charge in [0.25, 0.3) is 0 Å². The molecular weight excluding hydrogens is 202 g/mol. The lowest BCUT2D eigenvalue weighted by molar-refractivity contribution is 0.684. The van der Waals surface area contributed by atoms with Gasteiger partial charge in [-0.05, 0) is 6.42 Å². The Labute approximate surface area is 94.7 Å². The fraction of sp³-hybridized carbons (Fsp3) is 0.545. The second-order valence-electron chi connectivity index (χ2n) is 3.81. The maximum absolute atomic E-state index is 4.20. The molecule has 2 rings (SSSR count). The number of aromatic amines is 1. The molecule has 0 amide bonds. The lowest BCUT2D eigenvalue weighted by Gasteiger charge is -2.05. The highest BCUT2D eigenvalue weighted by atomic mass is 15.1. The molecule has 0 aliphatic carbocycles. The number of anilines is 1. The van der Waals surface area contributed by atoms with E-state index in [2.05, 4.69) is 32.2 Å². The molecule has 2 N–H and O–H groups in total. The number of imidazole rings is 1. The van der Waals surface area contributed by atoms with Gasteiger partial charge in [-0.2, -0.15) is 0 Å². The van der Waals surface area contributed by atoms with Gasteiger partial charge in [-0.15, -0.1) is 0 Å². The lowest BCUT2D eigenvalue weighted by atomic mass is 10.2. The van der Waals surface area contributed by atoms with Gasteiger partial charge in [0, 0.05) is 6.54 Å². The molecule has 0 bridgehead atoms. The number of H-pyrrole nitrogens is 1. The van der Waals surface area contributed by atoms with Crippen molar-refractivity contribution in [2.75, 3.05) is 11.9 Å². The molecule has 0 aliphatic heterocycles. The minimum absolute atomic E-state index is 0.714. The molecule has 16 heavy (non-hydrogen) atoms. The molecule has 0 aromatic carbocycles. The quantitative estimate of drug-likeness (QED) is 0.732. The van der Waals surface area contributed by atoms with Gasteiger partial charge < -0.3 is 10.3 Å². The Morgan fingerprint density at radius 2 is 2.12 bits per heavy atom. The van der Waals surface area contributed by atoms with Gasteiger partial charge in [-0.1, -0.05) is 26.2 Å². The third kappa shape index (κ3) is 2.48. The summed E-state index contributed by atoms with van der Waals surface area (Å²) in [5.74, 6) is 0.846. The summed E-state index contributed by atoms with van der Waals surface area (Å²) >= 11 is 0. The second kappa shape index (κ2) is 5.44. The van der Waals surface area contributed by atoms with Crippen molar-refractivity contribution in [1.82, 2.24) is 19.9 Å². The van der Waals surface area contributed by atoms with Crippen molar-refractivity contribution in [3.63, 3.8) is 0 Å². The fourth-order valence-electron chi connectivity index (χ4n) is 1.66. The SMILES string of the molecule is CCCCCCNc1ncnc2nc[nH]c12. The van der Waals surface area contributed by atoms with Crippen molar-refractivity contribution in [2.45, 2.75) is 32.6 Å². The Hall–Kier alpha value is -1.65. The van der Waals surface area contributed by atoms with Gasteiger partial charge in [0.05, 0.1) is 6.33 Å². The van der Waals surface area contributed by atoms with E-state index in [0.29, 0.717) is 5.65 Å². The first kappa shape index (κ1) is 10.9. The van der Waals surface area contributed by atoms with Crippen LogP contribution in [0.25, 0.3) is 11.2 Å². The van der Waals surface area contributed by atoms with Crippen molar-refractivity contribution >= 4 is 17.0 Å². The van der Waals surface area contributed by atoms with Crippen LogP contribution in [0.4, 0.5) is 5.82 Å². The van der Waals surface area contributed by atoms with Gasteiger partial charge in [-0.3, -0.25) is 0 Å². The van der Waals surface area contributed by atoms with Crippen molar-refractivity contribution in [3.05, 3.63) is 12.7 Å². The zero-order chi connectivity index (χ0) is 11.2. The van der Waals surface area contributed by atoms with Gasteiger partial charge >= 0.3 is 0 Å². The normalized spacial score (nSPS) is 10.8. The number of nitrogens with one attached hydrogen (secondary N) is 2. The largest absolute Gasteiger partial charge is 0.368 e. The first-order valence-corrected chi connectivity index (χ1v) is 5.79. The Morgan fingerprint density at radius 3 is 3.00 bits per heavy atom. The fourth-order valence-corrected chi connectivity index (χ4v) is 1.66. The van der Waals surface area contributed by atoms with E-state index in [1.54, 1.807) is 6.33 Å². The van der Waals surface area contributed by atoms with Crippen molar-refractivity contribution in [3.8, 4) is 0 Å². The Balaban J connectivity index is 1.91. The molecule has 0 atom stereocenters. The van der Waals surface area contributed by atoms with Gasteiger partial charge in [0.1, 0.15) is 11.8 Å². The first-order chi connectivity index (χ1) is 7.92. The number of hydrogen-bond donors (Lipinski definition) is 2. The predicted molar refractivity (Wildman–Crippen MR) is 64.3 cm³/mol. The minimum atomic E-state index is 0.714. The zero-order valence-electron chi connectivity index (χ0n) is 9.53. The van der Waals surface area contributed by atoms with E-state index in [1.807, 2.05) is 0 Å². The van der Waals surface area contributed by atoms with E-state index in [9.17, 15) is 0 Å². The van der Waals surface area contributed by atoms with Crippen LogP contribution in [0.15, 0.2) is 12.7 Å². The molecule has 2 heterocycles. The highest BCUT2D eigenvalue weighted by molar-refractivity contribution is 5.81. The number of nitrogens with zero attached hydrogens (tertiary/aromatic N) is 3. The maximum atomic E-state index is 4.20. The third-order valence-electron chi connectivity index (χ3n) is 2.55. The molecule has 2 aromatic heterocycles. The van der Waals surface area contributed by atoms with Crippen LogP contribution in [-0.4, -0.2) is 26.5 Å². The van der Waals surface area contributed by atoms with E-state index >= 15 is 0 Å². The molecule has 0 radical (unpaired) electrons. The van der Waals surface area contributed by atoms with E-state index < -0.39 is 0 Å². The second-order valence-corrected chi connectivity index (χ2v) is 3.81. The molecular formula is C11H17N5. The number of aromatic nitrogens is 4. The summed E-state index contributed by atoms with van der Waals surface area (Å²) in [7, 11) is 0. The predicted octanol–water partition coefficient (Wildman–Crippen LogP) is 2.35. The van der Waals surface area contributed by atoms with Crippen LogP contribution in [0.1, 0.15) is 32.6 Å². The highest BCUT2D eigenvalue weighted by Gasteiger charge is 2.03. The van der Waals surface area contributed by atoms with E-state index in [-0.39, 0.29) is 0 Å². The molecule has 5 heteroatoms. The van der Waals surface area contributed by atoms with Crippen LogP contribution in [0.3, 0.4) is 0 Å². The van der Waals surface area contributed by atoms with Crippen LogP contribution in [0.5, 0.6) is 0 Å². The molecule has 0 saturated carbocycles. The van der Waals surface area contributed by atoms with E-state index in [4.69, 9.17) is 0 Å². The third-order valence-corrected chi connectivity index (χ3v) is 2.55. The number of hydrogen-bond acceptors (Lipinski definition) is 4. The summed E-state index contributed by atoms with van der Waals surface area (Å²) in [4.78, 5) is 15.4. The monoisotopic (exact) mass is 219 g/mol. The maximum Gasteiger partial charge on any atom is 0.182 e. The van der Waals surface area contributed by atoms with Gasteiger partial charge in [-0.25, -0.2) is 15.0 Å². The summed E-state index contributed by atoms with van der Waals surface area (Å²) in [5.41, 5.74) is 1.60. The Bertz CT molecular complexity index is 437. The lowest BCUT2D eigenvalue weighted by Crippen LogP contribution is -2.04. The number of rotatable bonds is 6. The molecule has 0 spiro atoms. The number of fused-ring (bicyclic) bond motifs is 1. The van der Waals surface area contributed by atoms with Crippen molar-refractivity contribution < 1.29 is 0 Å². The summed E-state index contributed by atoms with van der Waals surface area (Å²) in [5, 5.41) is 3.31. The van der Waals surface area contributed by atoms with Crippen LogP contribution in [-0.2, 0) is 0 Å². The summed E-state index contributed by atoms with van der Waals surface area (Å²) in [6.45, 7) is 3.16. The topological polar surface area (TPSA) is 66.5 Å². The minimum Gasteiger partial charge on any atom is -0.368 e. The first-order valence-electron chi connectivity index (χ1n) is 5.79. The smallest absolute Gasteiger partial charge is 0.182 e. The summed E-state index contributed by atoms with van der Waals surface area (Å²) < 4.78 is 0. The van der Waals surface area contributed by atoms with Crippen LogP contribution < -0.4 is 5.32 Å². The average molecular weight is 219 g/mol. The van der Waals surface area contributed by atoms with E-state index in [0.717, 1.165) is 17.9 Å². The zero-order valence-corrected chi connectivity index (χ0v) is 9.53. The number of unbranched alkanes of at least 4 members (excludes halogenated alkanes) is 3. The molecule has 86 valence electrons. The molecule has 0 aliphatic rings. The van der Waals surface area contributed by atoms with E-state index in [1.165, 1.54) is 32.0 Å². The van der Waals surface area contributed by atoms with Gasteiger partial charge in [0.15, 0.2) is 11.5 Å². The molecule has 0 fully saturated rings. The highest BCUT2D eigenvalue weighted by Crippen LogP contribution is 2.14. The molecule has 0 saturated heterocycles. The molecule has 2 aromatic rings. The van der Waals surface area contributed by atoms with Crippen LogP contribution in [0, 0.1) is 0 Å².